The first-order chi connectivity index (χ1) is 10.7. The van der Waals surface area contributed by atoms with Gasteiger partial charge in [-0.3, -0.25) is 0 Å². The number of unbranched alkanes of at least 4 members (excludes halogenated alkanes) is 3. The Labute approximate surface area is 128 Å². The zero-order valence-electron chi connectivity index (χ0n) is 12.6. The average molecular weight is 304 g/mol. The van der Waals surface area contributed by atoms with Crippen molar-refractivity contribution < 1.29 is 19.0 Å². The van der Waals surface area contributed by atoms with Gasteiger partial charge in [0.1, 0.15) is 11.3 Å². The zero-order chi connectivity index (χ0) is 15.9. The first-order valence-electron chi connectivity index (χ1n) is 7.37. The molecule has 5 nitrogen and oxygen atoms in total. The van der Waals surface area contributed by atoms with Crippen molar-refractivity contribution in [2.24, 2.45) is 0 Å². The van der Waals surface area contributed by atoms with Gasteiger partial charge < -0.3 is 19.0 Å². The summed E-state index contributed by atoms with van der Waals surface area (Å²) in [4.78, 5) is 11.9. The normalized spacial score (nSPS) is 10.6. The smallest absolute Gasteiger partial charge is 0.383 e. The number of ether oxygens (including phenoxy) is 2. The molecule has 0 radical (unpaired) electrons. The van der Waals surface area contributed by atoms with Crippen LogP contribution in [-0.2, 0) is 0 Å². The second-order valence-electron chi connectivity index (χ2n) is 4.92. The van der Waals surface area contributed by atoms with E-state index >= 15 is 0 Å². The molecule has 1 heterocycles. The van der Waals surface area contributed by atoms with Gasteiger partial charge in [0, 0.05) is 6.07 Å². The van der Waals surface area contributed by atoms with Crippen LogP contribution in [0.1, 0.15) is 32.6 Å². The molecule has 1 aromatic heterocycles. The van der Waals surface area contributed by atoms with E-state index in [1.165, 1.54) is 12.3 Å². The standard InChI is InChI=1S/C17H20O5/c1-3-5-6-7-10-21-16-15(18)13-9-8-12(20-4-2)11-14(13)22-17(16)19/h4,8-9,11,18H,2-3,5-7,10H2,1H3. The summed E-state index contributed by atoms with van der Waals surface area (Å²) in [5, 5.41) is 10.6. The Kier molecular flexibility index (Phi) is 5.47. The molecule has 0 spiro atoms. The summed E-state index contributed by atoms with van der Waals surface area (Å²) < 4.78 is 15.7. The molecule has 0 bridgehead atoms. The van der Waals surface area contributed by atoms with E-state index in [-0.39, 0.29) is 17.1 Å². The first kappa shape index (κ1) is 15.9. The highest BCUT2D eigenvalue weighted by Crippen LogP contribution is 2.33. The predicted molar refractivity (Wildman–Crippen MR) is 84.6 cm³/mol. The molecule has 0 aliphatic rings. The van der Waals surface area contributed by atoms with Crippen LogP contribution in [0.5, 0.6) is 17.2 Å². The van der Waals surface area contributed by atoms with Gasteiger partial charge in [0.25, 0.3) is 0 Å². The summed E-state index contributed by atoms with van der Waals surface area (Å²) in [6.45, 7) is 5.95. The average Bonchev–Trinajstić information content (AvgIpc) is 2.50. The number of fused-ring (bicyclic) bond motifs is 1. The maximum Gasteiger partial charge on any atom is 0.383 e. The Hall–Kier alpha value is -2.43. The van der Waals surface area contributed by atoms with E-state index in [4.69, 9.17) is 13.9 Å². The van der Waals surface area contributed by atoms with Crippen LogP contribution < -0.4 is 15.1 Å². The molecular weight excluding hydrogens is 284 g/mol. The van der Waals surface area contributed by atoms with Gasteiger partial charge in [-0.15, -0.1) is 0 Å². The fourth-order valence-corrected chi connectivity index (χ4v) is 2.15. The Morgan fingerprint density at radius 1 is 1.32 bits per heavy atom. The minimum Gasteiger partial charge on any atom is -0.504 e. The van der Waals surface area contributed by atoms with Gasteiger partial charge >= 0.3 is 5.63 Å². The molecule has 0 fully saturated rings. The Morgan fingerprint density at radius 3 is 2.86 bits per heavy atom. The van der Waals surface area contributed by atoms with Crippen molar-refractivity contribution in [2.75, 3.05) is 6.61 Å². The molecule has 1 aromatic carbocycles. The zero-order valence-corrected chi connectivity index (χ0v) is 12.6. The van der Waals surface area contributed by atoms with Crippen molar-refractivity contribution in [3.05, 3.63) is 41.5 Å². The molecule has 0 amide bonds. The quantitative estimate of drug-likeness (QED) is 0.454. The van der Waals surface area contributed by atoms with Gasteiger partial charge in [-0.2, -0.15) is 0 Å². The van der Waals surface area contributed by atoms with E-state index in [2.05, 4.69) is 13.5 Å². The molecular formula is C17H20O5. The van der Waals surface area contributed by atoms with E-state index in [9.17, 15) is 9.90 Å². The molecule has 22 heavy (non-hydrogen) atoms. The summed E-state index contributed by atoms with van der Waals surface area (Å²) in [6, 6.07) is 4.77. The van der Waals surface area contributed by atoms with Crippen LogP contribution in [0.3, 0.4) is 0 Å². The molecule has 0 saturated carbocycles. The third-order valence-electron chi connectivity index (χ3n) is 3.28. The van der Waals surface area contributed by atoms with Gasteiger partial charge in [0.2, 0.25) is 5.75 Å². The number of rotatable bonds is 8. The highest BCUT2D eigenvalue weighted by atomic mass is 16.5. The molecule has 0 saturated heterocycles. The van der Waals surface area contributed by atoms with Crippen molar-refractivity contribution in [3.63, 3.8) is 0 Å². The fourth-order valence-electron chi connectivity index (χ4n) is 2.15. The topological polar surface area (TPSA) is 68.9 Å². The van der Waals surface area contributed by atoms with Crippen LogP contribution >= 0.6 is 0 Å². The van der Waals surface area contributed by atoms with E-state index in [0.717, 1.165) is 25.7 Å². The van der Waals surface area contributed by atoms with Crippen LogP contribution in [0.4, 0.5) is 0 Å². The minimum atomic E-state index is -0.698. The molecule has 0 unspecified atom stereocenters. The van der Waals surface area contributed by atoms with Gasteiger partial charge in [-0.25, -0.2) is 4.79 Å². The van der Waals surface area contributed by atoms with Crippen LogP contribution in [0.25, 0.3) is 11.0 Å². The third-order valence-corrected chi connectivity index (χ3v) is 3.28. The second kappa shape index (κ2) is 7.54. The van der Waals surface area contributed by atoms with Gasteiger partial charge in [-0.1, -0.05) is 32.8 Å². The van der Waals surface area contributed by atoms with E-state index in [1.54, 1.807) is 12.1 Å². The van der Waals surface area contributed by atoms with Crippen molar-refractivity contribution >= 4 is 11.0 Å². The van der Waals surface area contributed by atoms with Crippen molar-refractivity contribution in [1.82, 2.24) is 0 Å². The highest BCUT2D eigenvalue weighted by molar-refractivity contribution is 5.86. The second-order valence-corrected chi connectivity index (χ2v) is 4.92. The lowest BCUT2D eigenvalue weighted by Crippen LogP contribution is -2.08. The van der Waals surface area contributed by atoms with E-state index in [1.807, 2.05) is 0 Å². The first-order valence-corrected chi connectivity index (χ1v) is 7.37. The summed E-state index contributed by atoms with van der Waals surface area (Å²) >= 11 is 0. The van der Waals surface area contributed by atoms with Gasteiger partial charge in [0.05, 0.1) is 18.3 Å². The maximum absolute atomic E-state index is 11.9. The number of aromatic hydroxyl groups is 1. The monoisotopic (exact) mass is 304 g/mol. The Morgan fingerprint density at radius 2 is 2.14 bits per heavy atom. The molecule has 2 aromatic rings. The highest BCUT2D eigenvalue weighted by Gasteiger charge is 2.15. The molecule has 5 heteroatoms. The van der Waals surface area contributed by atoms with Crippen LogP contribution in [0, 0.1) is 0 Å². The number of hydrogen-bond donors (Lipinski definition) is 1. The molecule has 2 rings (SSSR count). The summed E-state index contributed by atoms with van der Waals surface area (Å²) in [6.07, 6.45) is 5.37. The predicted octanol–water partition coefficient (Wildman–Crippen LogP) is 3.98. The van der Waals surface area contributed by atoms with E-state index in [0.29, 0.717) is 17.7 Å². The Bertz CT molecular complexity index is 702. The van der Waals surface area contributed by atoms with Crippen molar-refractivity contribution in [2.45, 2.75) is 32.6 Å². The largest absolute Gasteiger partial charge is 0.504 e. The van der Waals surface area contributed by atoms with Gasteiger partial charge in [0.15, 0.2) is 5.75 Å². The lowest BCUT2D eigenvalue weighted by atomic mass is 10.2. The molecule has 118 valence electrons. The summed E-state index contributed by atoms with van der Waals surface area (Å²) in [7, 11) is 0. The molecule has 1 N–H and O–H groups in total. The lowest BCUT2D eigenvalue weighted by molar-refractivity contribution is 0.276. The molecule has 0 aliphatic carbocycles. The molecule has 0 aliphatic heterocycles. The fraction of sp³-hybridized carbons (Fsp3) is 0.353. The van der Waals surface area contributed by atoms with Gasteiger partial charge in [-0.05, 0) is 18.6 Å². The number of hydrogen-bond acceptors (Lipinski definition) is 5. The van der Waals surface area contributed by atoms with Crippen molar-refractivity contribution in [1.29, 1.82) is 0 Å². The van der Waals surface area contributed by atoms with Crippen molar-refractivity contribution in [3.8, 4) is 17.2 Å². The summed E-state index contributed by atoms with van der Waals surface area (Å²) in [5.41, 5.74) is -0.462. The van der Waals surface area contributed by atoms with E-state index < -0.39 is 5.63 Å². The maximum atomic E-state index is 11.9. The third kappa shape index (κ3) is 3.61. The van der Waals surface area contributed by atoms with Crippen LogP contribution in [0.2, 0.25) is 0 Å². The molecule has 0 atom stereocenters. The van der Waals surface area contributed by atoms with Crippen LogP contribution in [-0.4, -0.2) is 11.7 Å². The lowest BCUT2D eigenvalue weighted by Gasteiger charge is -2.09. The Balaban J connectivity index is 2.23. The minimum absolute atomic E-state index is 0.138. The summed E-state index contributed by atoms with van der Waals surface area (Å²) in [5.74, 6) is 0.131. The SMILES string of the molecule is C=COc1ccc2c(O)c(OCCCCCC)c(=O)oc2c1. The number of benzene rings is 1. The van der Waals surface area contributed by atoms with Crippen LogP contribution in [0.15, 0.2) is 40.3 Å².